The molecule has 71 valence electrons. The Morgan fingerprint density at radius 3 is 2.31 bits per heavy atom. The Hall–Kier alpha value is -1.06. The predicted octanol–water partition coefficient (Wildman–Crippen LogP) is 1.64. The minimum Gasteiger partial charge on any atom is -0.497 e. The van der Waals surface area contributed by atoms with Crippen LogP contribution in [0.3, 0.4) is 0 Å². The van der Waals surface area contributed by atoms with Crippen LogP contribution in [0.1, 0.15) is 5.56 Å². The molecule has 1 radical (unpaired) electrons. The number of hydrogen-bond acceptors (Lipinski definition) is 2. The first kappa shape index (κ1) is 10.0. The van der Waals surface area contributed by atoms with Crippen molar-refractivity contribution in [2.75, 3.05) is 14.2 Å². The normalized spacial score (nSPS) is 12.5. The van der Waals surface area contributed by atoms with Crippen LogP contribution in [0.2, 0.25) is 0 Å². The zero-order valence-corrected chi connectivity index (χ0v) is 7.82. The largest absolute Gasteiger partial charge is 0.497 e. The standard InChI is InChI=1S/C10H13O3/c1-12-9-5-3-8(4-6-9)7-10(11)13-2/h3-6,10H,7H2,1-2H3. The predicted molar refractivity (Wildman–Crippen MR) is 48.2 cm³/mol. The SMILES string of the molecule is COc1ccc(CC([O])OC)cc1. The molecular formula is C10H13O3. The fraction of sp³-hybridized carbons (Fsp3) is 0.400. The molecule has 0 spiro atoms. The molecule has 3 nitrogen and oxygen atoms in total. The van der Waals surface area contributed by atoms with Crippen molar-refractivity contribution < 1.29 is 14.6 Å². The maximum absolute atomic E-state index is 11.0. The summed E-state index contributed by atoms with van der Waals surface area (Å²) in [4.78, 5) is 0. The molecule has 0 bridgehead atoms. The van der Waals surface area contributed by atoms with Gasteiger partial charge in [0, 0.05) is 13.5 Å². The fourth-order valence-corrected chi connectivity index (χ4v) is 1.04. The minimum atomic E-state index is -0.978. The van der Waals surface area contributed by atoms with Crippen LogP contribution in [0.4, 0.5) is 0 Å². The van der Waals surface area contributed by atoms with E-state index in [1.165, 1.54) is 7.11 Å². The molecule has 0 saturated carbocycles. The van der Waals surface area contributed by atoms with Gasteiger partial charge in [0.15, 0.2) is 6.29 Å². The van der Waals surface area contributed by atoms with Gasteiger partial charge >= 0.3 is 0 Å². The average molecular weight is 181 g/mol. The van der Waals surface area contributed by atoms with Crippen molar-refractivity contribution in [1.29, 1.82) is 0 Å². The van der Waals surface area contributed by atoms with Gasteiger partial charge in [-0.05, 0) is 17.7 Å². The summed E-state index contributed by atoms with van der Waals surface area (Å²) >= 11 is 0. The molecule has 0 fully saturated rings. The van der Waals surface area contributed by atoms with Gasteiger partial charge in [-0.25, -0.2) is 5.11 Å². The van der Waals surface area contributed by atoms with Crippen molar-refractivity contribution >= 4 is 0 Å². The molecule has 1 aromatic rings. The van der Waals surface area contributed by atoms with Crippen LogP contribution in [-0.2, 0) is 16.3 Å². The minimum absolute atomic E-state index is 0.389. The summed E-state index contributed by atoms with van der Waals surface area (Å²) in [7, 11) is 3.03. The Morgan fingerprint density at radius 2 is 1.85 bits per heavy atom. The van der Waals surface area contributed by atoms with E-state index in [1.807, 2.05) is 24.3 Å². The van der Waals surface area contributed by atoms with Crippen LogP contribution in [0.5, 0.6) is 5.75 Å². The van der Waals surface area contributed by atoms with Crippen LogP contribution < -0.4 is 4.74 Å². The van der Waals surface area contributed by atoms with Gasteiger partial charge in [0.1, 0.15) is 5.75 Å². The average Bonchev–Trinajstić information content (AvgIpc) is 2.19. The van der Waals surface area contributed by atoms with Gasteiger partial charge in [-0.2, -0.15) is 0 Å². The van der Waals surface area contributed by atoms with Gasteiger partial charge in [-0.15, -0.1) is 0 Å². The first-order valence-electron chi connectivity index (χ1n) is 4.08. The second-order valence-corrected chi connectivity index (χ2v) is 2.72. The van der Waals surface area contributed by atoms with Crippen LogP contribution >= 0.6 is 0 Å². The molecule has 1 atom stereocenters. The van der Waals surface area contributed by atoms with E-state index in [9.17, 15) is 5.11 Å². The van der Waals surface area contributed by atoms with Gasteiger partial charge in [0.05, 0.1) is 7.11 Å². The summed E-state index contributed by atoms with van der Waals surface area (Å²) in [5.74, 6) is 0.795. The second-order valence-electron chi connectivity index (χ2n) is 2.72. The highest BCUT2D eigenvalue weighted by atomic mass is 16.6. The molecule has 3 heteroatoms. The summed E-state index contributed by atoms with van der Waals surface area (Å²) < 4.78 is 9.61. The number of benzene rings is 1. The molecule has 1 rings (SSSR count). The summed E-state index contributed by atoms with van der Waals surface area (Å²) in [6.07, 6.45) is -0.589. The van der Waals surface area contributed by atoms with E-state index < -0.39 is 6.29 Å². The highest BCUT2D eigenvalue weighted by molar-refractivity contribution is 5.27. The van der Waals surface area contributed by atoms with Gasteiger partial charge in [0.2, 0.25) is 0 Å². The van der Waals surface area contributed by atoms with Gasteiger partial charge in [0.25, 0.3) is 0 Å². The molecule has 0 aliphatic heterocycles. The molecule has 0 aromatic heterocycles. The van der Waals surface area contributed by atoms with Crippen LogP contribution in [0, 0.1) is 0 Å². The third-order valence-corrected chi connectivity index (χ3v) is 1.82. The molecule has 0 N–H and O–H groups in total. The van der Waals surface area contributed by atoms with Crippen LogP contribution in [0.15, 0.2) is 24.3 Å². The molecule has 0 amide bonds. The van der Waals surface area contributed by atoms with E-state index in [2.05, 4.69) is 4.74 Å². The van der Waals surface area contributed by atoms with Crippen LogP contribution in [-0.4, -0.2) is 20.5 Å². The Kier molecular flexibility index (Phi) is 3.73. The second kappa shape index (κ2) is 4.84. The maximum atomic E-state index is 11.0. The molecule has 0 heterocycles. The van der Waals surface area contributed by atoms with Crippen molar-refractivity contribution in [3.8, 4) is 5.75 Å². The molecule has 0 saturated heterocycles. The lowest BCUT2D eigenvalue weighted by Gasteiger charge is -2.06. The maximum Gasteiger partial charge on any atom is 0.195 e. The lowest BCUT2D eigenvalue weighted by atomic mass is 10.1. The van der Waals surface area contributed by atoms with Crippen molar-refractivity contribution in [3.63, 3.8) is 0 Å². The first-order chi connectivity index (χ1) is 6.26. The van der Waals surface area contributed by atoms with E-state index in [0.717, 1.165) is 11.3 Å². The molecule has 1 unspecified atom stereocenters. The molecule has 0 aliphatic rings. The number of methoxy groups -OCH3 is 2. The van der Waals surface area contributed by atoms with Crippen molar-refractivity contribution in [2.24, 2.45) is 0 Å². The summed E-state index contributed by atoms with van der Waals surface area (Å²) in [6, 6.07) is 7.39. The fourth-order valence-electron chi connectivity index (χ4n) is 1.04. The number of ether oxygens (including phenoxy) is 2. The molecule has 1 aromatic carbocycles. The van der Waals surface area contributed by atoms with Gasteiger partial charge in [-0.1, -0.05) is 12.1 Å². The third-order valence-electron chi connectivity index (χ3n) is 1.82. The summed E-state index contributed by atoms with van der Waals surface area (Å²) in [5.41, 5.74) is 0.961. The molecule has 0 aliphatic carbocycles. The monoisotopic (exact) mass is 181 g/mol. The van der Waals surface area contributed by atoms with E-state index in [0.29, 0.717) is 6.42 Å². The molecule has 13 heavy (non-hydrogen) atoms. The van der Waals surface area contributed by atoms with Crippen molar-refractivity contribution in [2.45, 2.75) is 12.7 Å². The highest BCUT2D eigenvalue weighted by Gasteiger charge is 2.04. The molecular weight excluding hydrogens is 168 g/mol. The topological polar surface area (TPSA) is 38.4 Å². The van der Waals surface area contributed by atoms with E-state index >= 15 is 0 Å². The van der Waals surface area contributed by atoms with Gasteiger partial charge < -0.3 is 9.47 Å². The van der Waals surface area contributed by atoms with E-state index in [-0.39, 0.29) is 0 Å². The van der Waals surface area contributed by atoms with Crippen LogP contribution in [0.25, 0.3) is 0 Å². The first-order valence-corrected chi connectivity index (χ1v) is 4.08. The zero-order valence-electron chi connectivity index (χ0n) is 7.82. The van der Waals surface area contributed by atoms with Gasteiger partial charge in [-0.3, -0.25) is 0 Å². The summed E-state index contributed by atoms with van der Waals surface area (Å²) in [6.45, 7) is 0. The number of hydrogen-bond donors (Lipinski definition) is 0. The van der Waals surface area contributed by atoms with E-state index in [4.69, 9.17) is 4.74 Å². The Balaban J connectivity index is 2.58. The van der Waals surface area contributed by atoms with E-state index in [1.54, 1.807) is 7.11 Å². The van der Waals surface area contributed by atoms with Crippen molar-refractivity contribution in [3.05, 3.63) is 29.8 Å². The lowest BCUT2D eigenvalue weighted by Crippen LogP contribution is -2.10. The quantitative estimate of drug-likeness (QED) is 0.662. The highest BCUT2D eigenvalue weighted by Crippen LogP contribution is 2.12. The zero-order chi connectivity index (χ0) is 9.68. The van der Waals surface area contributed by atoms with Crippen molar-refractivity contribution in [1.82, 2.24) is 0 Å². The Labute approximate surface area is 77.9 Å². The summed E-state index contributed by atoms with van der Waals surface area (Å²) in [5, 5.41) is 11.0. The number of rotatable bonds is 4. The Morgan fingerprint density at radius 1 is 1.23 bits per heavy atom. The smallest absolute Gasteiger partial charge is 0.195 e. The third kappa shape index (κ3) is 3.05. The lowest BCUT2D eigenvalue weighted by molar-refractivity contribution is -0.117. The Bertz CT molecular complexity index is 243.